The molecule has 0 saturated heterocycles. The maximum Gasteiger partial charge on any atom is 0.250 e. The van der Waals surface area contributed by atoms with E-state index in [0.717, 1.165) is 16.9 Å². The number of pyridine rings is 1. The van der Waals surface area contributed by atoms with E-state index in [1.807, 2.05) is 47.9 Å². The van der Waals surface area contributed by atoms with Crippen molar-refractivity contribution < 1.29 is 14.3 Å². The predicted molar refractivity (Wildman–Crippen MR) is 92.3 cm³/mol. The smallest absolute Gasteiger partial charge is 0.250 e. The van der Waals surface area contributed by atoms with Gasteiger partial charge in [-0.05, 0) is 31.2 Å². The summed E-state index contributed by atoms with van der Waals surface area (Å²) < 4.78 is 12.4. The first kappa shape index (κ1) is 16.0. The Morgan fingerprint density at radius 1 is 1.29 bits per heavy atom. The maximum absolute atomic E-state index is 12.1. The summed E-state index contributed by atoms with van der Waals surface area (Å²) in [5.74, 6) is 0.465. The Balaban J connectivity index is 2.03. The van der Waals surface area contributed by atoms with Crippen LogP contribution in [0.15, 0.2) is 48.8 Å². The van der Waals surface area contributed by atoms with Gasteiger partial charge in [-0.1, -0.05) is 6.07 Å². The van der Waals surface area contributed by atoms with Crippen molar-refractivity contribution in [3.63, 3.8) is 0 Å². The van der Waals surface area contributed by atoms with E-state index in [4.69, 9.17) is 9.47 Å². The third-order valence-corrected chi connectivity index (χ3v) is 3.64. The molecule has 1 amide bonds. The third-order valence-electron chi connectivity index (χ3n) is 3.64. The van der Waals surface area contributed by atoms with Gasteiger partial charge in [-0.3, -0.25) is 9.20 Å². The van der Waals surface area contributed by atoms with Gasteiger partial charge in [0.2, 0.25) is 5.91 Å². The van der Waals surface area contributed by atoms with Crippen LogP contribution in [-0.2, 0) is 9.53 Å². The molecule has 0 saturated carbocycles. The Morgan fingerprint density at radius 3 is 2.96 bits per heavy atom. The zero-order chi connectivity index (χ0) is 16.9. The van der Waals surface area contributed by atoms with Crippen LogP contribution in [-0.4, -0.2) is 35.6 Å². The van der Waals surface area contributed by atoms with Crippen molar-refractivity contribution in [2.24, 2.45) is 0 Å². The number of rotatable bonds is 6. The fourth-order valence-corrected chi connectivity index (χ4v) is 2.53. The molecule has 0 atom stereocenters. The minimum absolute atomic E-state index is 0.0163. The van der Waals surface area contributed by atoms with Crippen LogP contribution in [0.3, 0.4) is 0 Å². The molecular weight excluding hydrogens is 306 g/mol. The number of hydrogen-bond acceptors (Lipinski definition) is 4. The van der Waals surface area contributed by atoms with Crippen LogP contribution in [0.5, 0.6) is 5.75 Å². The van der Waals surface area contributed by atoms with E-state index in [2.05, 4.69) is 10.3 Å². The fourth-order valence-electron chi connectivity index (χ4n) is 2.53. The summed E-state index contributed by atoms with van der Waals surface area (Å²) in [6.45, 7) is 2.36. The van der Waals surface area contributed by atoms with Crippen molar-refractivity contribution in [3.8, 4) is 17.0 Å². The number of carbonyl (C=O) groups excluding carboxylic acids is 1. The molecule has 0 bridgehead atoms. The summed E-state index contributed by atoms with van der Waals surface area (Å²) in [5.41, 5.74) is 3.32. The van der Waals surface area contributed by atoms with Crippen LogP contribution >= 0.6 is 0 Å². The quantitative estimate of drug-likeness (QED) is 0.757. The van der Waals surface area contributed by atoms with Gasteiger partial charge in [-0.25, -0.2) is 4.98 Å². The SMILES string of the molecule is CCOCC(=O)Nc1cc(OC)ccc1-c1cccc2nccn12. The second kappa shape index (κ2) is 7.14. The summed E-state index contributed by atoms with van der Waals surface area (Å²) in [4.78, 5) is 16.4. The number of aromatic nitrogens is 2. The summed E-state index contributed by atoms with van der Waals surface area (Å²) in [6.07, 6.45) is 3.64. The maximum atomic E-state index is 12.1. The third kappa shape index (κ3) is 3.23. The lowest BCUT2D eigenvalue weighted by Gasteiger charge is -2.14. The van der Waals surface area contributed by atoms with Gasteiger partial charge in [0, 0.05) is 30.6 Å². The average molecular weight is 325 g/mol. The van der Waals surface area contributed by atoms with Crippen molar-refractivity contribution in [2.45, 2.75) is 6.92 Å². The minimum Gasteiger partial charge on any atom is -0.497 e. The first-order valence-corrected chi connectivity index (χ1v) is 7.71. The highest BCUT2D eigenvalue weighted by molar-refractivity contribution is 5.96. The molecule has 0 radical (unpaired) electrons. The molecule has 124 valence electrons. The number of carbonyl (C=O) groups is 1. The molecule has 1 aromatic carbocycles. The van der Waals surface area contributed by atoms with Crippen molar-refractivity contribution in [1.29, 1.82) is 0 Å². The number of anilines is 1. The zero-order valence-electron chi connectivity index (χ0n) is 13.7. The Labute approximate surface area is 140 Å². The molecule has 0 spiro atoms. The van der Waals surface area contributed by atoms with Crippen LogP contribution in [0.25, 0.3) is 16.9 Å². The van der Waals surface area contributed by atoms with Crippen LogP contribution in [0.4, 0.5) is 5.69 Å². The number of fused-ring (bicyclic) bond motifs is 1. The van der Waals surface area contributed by atoms with E-state index in [-0.39, 0.29) is 12.5 Å². The predicted octanol–water partition coefficient (Wildman–Crippen LogP) is 2.98. The molecular formula is C18H19N3O3. The van der Waals surface area contributed by atoms with E-state index in [1.165, 1.54) is 0 Å². The van der Waals surface area contributed by atoms with Crippen LogP contribution in [0.2, 0.25) is 0 Å². The van der Waals surface area contributed by atoms with Gasteiger partial charge in [0.15, 0.2) is 0 Å². The summed E-state index contributed by atoms with van der Waals surface area (Å²) in [7, 11) is 1.59. The number of methoxy groups -OCH3 is 1. The highest BCUT2D eigenvalue weighted by atomic mass is 16.5. The van der Waals surface area contributed by atoms with E-state index < -0.39 is 0 Å². The molecule has 0 aliphatic carbocycles. The number of benzene rings is 1. The first-order chi connectivity index (χ1) is 11.7. The number of ether oxygens (including phenoxy) is 2. The molecule has 3 aromatic rings. The topological polar surface area (TPSA) is 64.9 Å². The Hall–Kier alpha value is -2.86. The first-order valence-electron chi connectivity index (χ1n) is 7.71. The average Bonchev–Trinajstić information content (AvgIpc) is 3.08. The van der Waals surface area contributed by atoms with E-state index >= 15 is 0 Å². The van der Waals surface area contributed by atoms with Crippen LogP contribution in [0.1, 0.15) is 6.92 Å². The molecule has 24 heavy (non-hydrogen) atoms. The summed E-state index contributed by atoms with van der Waals surface area (Å²) in [5, 5.41) is 2.90. The van der Waals surface area contributed by atoms with Gasteiger partial charge >= 0.3 is 0 Å². The van der Waals surface area contributed by atoms with Gasteiger partial charge in [0.25, 0.3) is 0 Å². The molecule has 0 unspecified atom stereocenters. The van der Waals surface area contributed by atoms with Gasteiger partial charge < -0.3 is 14.8 Å². The second-order valence-electron chi connectivity index (χ2n) is 5.16. The van der Waals surface area contributed by atoms with Crippen LogP contribution in [0, 0.1) is 0 Å². The number of nitrogens with one attached hydrogen (secondary N) is 1. The van der Waals surface area contributed by atoms with Crippen molar-refractivity contribution in [2.75, 3.05) is 25.6 Å². The molecule has 2 aromatic heterocycles. The number of amides is 1. The minimum atomic E-state index is -0.204. The lowest BCUT2D eigenvalue weighted by atomic mass is 10.1. The van der Waals surface area contributed by atoms with E-state index in [0.29, 0.717) is 18.0 Å². The monoisotopic (exact) mass is 325 g/mol. The molecule has 6 nitrogen and oxygen atoms in total. The van der Waals surface area contributed by atoms with Gasteiger partial charge in [0.05, 0.1) is 18.5 Å². The summed E-state index contributed by atoms with van der Waals surface area (Å²) >= 11 is 0. The Bertz CT molecular complexity index is 858. The van der Waals surface area contributed by atoms with E-state index in [9.17, 15) is 4.79 Å². The second-order valence-corrected chi connectivity index (χ2v) is 5.16. The highest BCUT2D eigenvalue weighted by Crippen LogP contribution is 2.32. The largest absolute Gasteiger partial charge is 0.497 e. The molecule has 0 fully saturated rings. The molecule has 6 heteroatoms. The standard InChI is InChI=1S/C18H19N3O3/c1-3-24-12-18(22)20-15-11-13(23-2)7-8-14(15)16-5-4-6-17-19-9-10-21(16)17/h4-11H,3,12H2,1-2H3,(H,20,22). The Kier molecular flexibility index (Phi) is 4.77. The summed E-state index contributed by atoms with van der Waals surface area (Å²) in [6, 6.07) is 11.4. The van der Waals surface area contributed by atoms with Crippen molar-refractivity contribution >= 4 is 17.2 Å². The lowest BCUT2D eigenvalue weighted by molar-refractivity contribution is -0.120. The van der Waals surface area contributed by atoms with Crippen molar-refractivity contribution in [3.05, 3.63) is 48.8 Å². The normalized spacial score (nSPS) is 10.8. The molecule has 2 heterocycles. The molecule has 3 rings (SSSR count). The van der Waals surface area contributed by atoms with Crippen LogP contribution < -0.4 is 10.1 Å². The van der Waals surface area contributed by atoms with Gasteiger partial charge in [-0.2, -0.15) is 0 Å². The van der Waals surface area contributed by atoms with Crippen molar-refractivity contribution in [1.82, 2.24) is 9.38 Å². The lowest BCUT2D eigenvalue weighted by Crippen LogP contribution is -2.18. The van der Waals surface area contributed by atoms with E-state index in [1.54, 1.807) is 19.4 Å². The zero-order valence-corrected chi connectivity index (χ0v) is 13.7. The molecule has 1 N–H and O–H groups in total. The number of hydrogen-bond donors (Lipinski definition) is 1. The number of nitrogens with zero attached hydrogens (tertiary/aromatic N) is 2. The highest BCUT2D eigenvalue weighted by Gasteiger charge is 2.13. The number of imidazole rings is 1. The van der Waals surface area contributed by atoms with Gasteiger partial charge in [-0.15, -0.1) is 0 Å². The molecule has 0 aliphatic rings. The Morgan fingerprint density at radius 2 is 2.17 bits per heavy atom. The van der Waals surface area contributed by atoms with Gasteiger partial charge in [0.1, 0.15) is 18.0 Å². The fraction of sp³-hybridized carbons (Fsp3) is 0.222. The molecule has 0 aliphatic heterocycles.